The van der Waals surface area contributed by atoms with Crippen molar-refractivity contribution >= 4 is 11.3 Å². The summed E-state index contributed by atoms with van der Waals surface area (Å²) in [7, 11) is 1.99. The standard InChI is InChI=1S/C15H26N2OS/c1-14(2)10-17(11-15(3,4)18-14)9-13-7-6-12(19-13)8-16-5/h6-7,16H,8-11H2,1-5H3. The molecule has 4 heteroatoms. The van der Waals surface area contributed by atoms with Crippen molar-refractivity contribution in [1.82, 2.24) is 10.2 Å². The molecule has 0 amide bonds. The monoisotopic (exact) mass is 282 g/mol. The lowest BCUT2D eigenvalue weighted by atomic mass is 9.99. The molecular weight excluding hydrogens is 256 g/mol. The lowest BCUT2D eigenvalue weighted by molar-refractivity contribution is -0.182. The average molecular weight is 282 g/mol. The van der Waals surface area contributed by atoms with Crippen LogP contribution in [0.4, 0.5) is 0 Å². The van der Waals surface area contributed by atoms with Crippen LogP contribution in [0.15, 0.2) is 12.1 Å². The second kappa shape index (κ2) is 5.52. The Hall–Kier alpha value is -0.420. The number of morpholine rings is 1. The summed E-state index contributed by atoms with van der Waals surface area (Å²) in [6.45, 7) is 12.7. The summed E-state index contributed by atoms with van der Waals surface area (Å²) in [5, 5.41) is 3.20. The molecule has 2 rings (SSSR count). The molecule has 1 aliphatic heterocycles. The van der Waals surface area contributed by atoms with Crippen LogP contribution in [0.2, 0.25) is 0 Å². The molecule has 0 unspecified atom stereocenters. The number of hydrogen-bond acceptors (Lipinski definition) is 4. The van der Waals surface area contributed by atoms with Gasteiger partial charge >= 0.3 is 0 Å². The molecule has 1 aliphatic rings. The smallest absolute Gasteiger partial charge is 0.0760 e. The van der Waals surface area contributed by atoms with Gasteiger partial charge in [-0.15, -0.1) is 11.3 Å². The van der Waals surface area contributed by atoms with Gasteiger partial charge in [-0.2, -0.15) is 0 Å². The number of rotatable bonds is 4. The highest BCUT2D eigenvalue weighted by atomic mass is 32.1. The summed E-state index contributed by atoms with van der Waals surface area (Å²) in [4.78, 5) is 5.36. The van der Waals surface area contributed by atoms with Gasteiger partial charge in [0.05, 0.1) is 11.2 Å². The first-order valence-electron chi connectivity index (χ1n) is 6.94. The zero-order valence-electron chi connectivity index (χ0n) is 12.7. The van der Waals surface area contributed by atoms with Crippen molar-refractivity contribution in [2.75, 3.05) is 20.1 Å². The van der Waals surface area contributed by atoms with Crippen molar-refractivity contribution in [3.8, 4) is 0 Å². The quantitative estimate of drug-likeness (QED) is 0.919. The Balaban J connectivity index is 2.01. The van der Waals surface area contributed by atoms with Gasteiger partial charge in [-0.1, -0.05) is 0 Å². The molecule has 1 fully saturated rings. The summed E-state index contributed by atoms with van der Waals surface area (Å²) in [6, 6.07) is 4.49. The fraction of sp³-hybridized carbons (Fsp3) is 0.733. The van der Waals surface area contributed by atoms with Gasteiger partial charge in [-0.05, 0) is 46.9 Å². The van der Waals surface area contributed by atoms with Gasteiger partial charge in [0, 0.05) is 35.9 Å². The van der Waals surface area contributed by atoms with Crippen LogP contribution < -0.4 is 5.32 Å². The summed E-state index contributed by atoms with van der Waals surface area (Å²) in [6.07, 6.45) is 0. The first kappa shape index (κ1) is 15.0. The van der Waals surface area contributed by atoms with E-state index in [-0.39, 0.29) is 11.2 Å². The lowest BCUT2D eigenvalue weighted by Crippen LogP contribution is -2.56. The minimum atomic E-state index is -0.0627. The second-order valence-corrected chi connectivity index (χ2v) is 7.92. The molecule has 0 saturated carbocycles. The molecule has 3 nitrogen and oxygen atoms in total. The molecule has 0 bridgehead atoms. The molecular formula is C15H26N2OS. The van der Waals surface area contributed by atoms with Crippen LogP contribution in [0.3, 0.4) is 0 Å². The largest absolute Gasteiger partial charge is 0.367 e. The minimum absolute atomic E-state index is 0.0627. The van der Waals surface area contributed by atoms with E-state index in [0.29, 0.717) is 0 Å². The number of thiophene rings is 1. The summed E-state index contributed by atoms with van der Waals surface area (Å²) in [5.74, 6) is 0. The fourth-order valence-corrected chi connectivity index (χ4v) is 4.13. The van der Waals surface area contributed by atoms with E-state index in [9.17, 15) is 0 Å². The Morgan fingerprint density at radius 2 is 1.74 bits per heavy atom. The van der Waals surface area contributed by atoms with Crippen LogP contribution in [0.1, 0.15) is 37.4 Å². The average Bonchev–Trinajstić information content (AvgIpc) is 2.60. The van der Waals surface area contributed by atoms with Crippen molar-refractivity contribution in [3.63, 3.8) is 0 Å². The Labute approximate surface area is 121 Å². The van der Waals surface area contributed by atoms with E-state index < -0.39 is 0 Å². The highest BCUT2D eigenvalue weighted by Gasteiger charge is 2.37. The van der Waals surface area contributed by atoms with E-state index in [1.165, 1.54) is 9.75 Å². The molecule has 0 spiro atoms. The molecule has 19 heavy (non-hydrogen) atoms. The molecule has 0 aromatic carbocycles. The molecule has 1 aromatic rings. The summed E-state index contributed by atoms with van der Waals surface area (Å²) < 4.78 is 6.12. The number of hydrogen-bond donors (Lipinski definition) is 1. The van der Waals surface area contributed by atoms with Crippen molar-refractivity contribution < 1.29 is 4.74 Å². The fourth-order valence-electron chi connectivity index (χ4n) is 3.05. The van der Waals surface area contributed by atoms with Crippen LogP contribution in [0.5, 0.6) is 0 Å². The number of ether oxygens (including phenoxy) is 1. The van der Waals surface area contributed by atoms with Gasteiger partial charge in [0.1, 0.15) is 0 Å². The third kappa shape index (κ3) is 4.28. The van der Waals surface area contributed by atoms with Gasteiger partial charge in [-0.3, -0.25) is 4.90 Å². The number of nitrogens with zero attached hydrogens (tertiary/aromatic N) is 1. The van der Waals surface area contributed by atoms with Crippen LogP contribution in [0, 0.1) is 0 Å². The maximum atomic E-state index is 6.12. The zero-order chi connectivity index (χ0) is 14.1. The van der Waals surface area contributed by atoms with Crippen LogP contribution in [-0.2, 0) is 17.8 Å². The normalized spacial score (nSPS) is 22.6. The van der Waals surface area contributed by atoms with Gasteiger partial charge in [0.15, 0.2) is 0 Å². The zero-order valence-corrected chi connectivity index (χ0v) is 13.6. The summed E-state index contributed by atoms with van der Waals surface area (Å²) in [5.41, 5.74) is -0.125. The highest BCUT2D eigenvalue weighted by Crippen LogP contribution is 2.30. The van der Waals surface area contributed by atoms with Crippen molar-refractivity contribution in [1.29, 1.82) is 0 Å². The third-order valence-corrected chi connectivity index (χ3v) is 4.28. The van der Waals surface area contributed by atoms with E-state index >= 15 is 0 Å². The van der Waals surface area contributed by atoms with Crippen molar-refractivity contribution in [2.24, 2.45) is 0 Å². The van der Waals surface area contributed by atoms with Crippen LogP contribution in [-0.4, -0.2) is 36.2 Å². The SMILES string of the molecule is CNCc1ccc(CN2CC(C)(C)OC(C)(C)C2)s1. The van der Waals surface area contributed by atoms with E-state index in [2.05, 4.69) is 50.0 Å². The molecule has 2 heterocycles. The van der Waals surface area contributed by atoms with E-state index in [1.807, 2.05) is 18.4 Å². The molecule has 1 saturated heterocycles. The maximum Gasteiger partial charge on any atom is 0.0760 e. The predicted molar refractivity (Wildman–Crippen MR) is 81.6 cm³/mol. The molecule has 1 aromatic heterocycles. The molecule has 0 aliphatic carbocycles. The van der Waals surface area contributed by atoms with Gasteiger partial charge in [0.2, 0.25) is 0 Å². The molecule has 0 atom stereocenters. The predicted octanol–water partition coefficient (Wildman–Crippen LogP) is 2.86. The third-order valence-electron chi connectivity index (χ3n) is 3.21. The first-order valence-corrected chi connectivity index (χ1v) is 7.76. The van der Waals surface area contributed by atoms with E-state index in [1.54, 1.807) is 0 Å². The van der Waals surface area contributed by atoms with Gasteiger partial charge in [0.25, 0.3) is 0 Å². The maximum absolute atomic E-state index is 6.12. The minimum Gasteiger partial charge on any atom is -0.367 e. The van der Waals surface area contributed by atoms with Crippen molar-refractivity contribution in [3.05, 3.63) is 21.9 Å². The van der Waals surface area contributed by atoms with Crippen LogP contribution in [0.25, 0.3) is 0 Å². The Morgan fingerprint density at radius 1 is 1.16 bits per heavy atom. The summed E-state index contributed by atoms with van der Waals surface area (Å²) >= 11 is 1.91. The van der Waals surface area contributed by atoms with E-state index in [0.717, 1.165) is 26.2 Å². The Bertz CT molecular complexity index is 410. The van der Waals surface area contributed by atoms with E-state index in [4.69, 9.17) is 4.74 Å². The van der Waals surface area contributed by atoms with Gasteiger partial charge in [-0.25, -0.2) is 0 Å². The molecule has 0 radical (unpaired) electrons. The van der Waals surface area contributed by atoms with Crippen LogP contribution >= 0.6 is 11.3 Å². The topological polar surface area (TPSA) is 24.5 Å². The first-order chi connectivity index (χ1) is 8.80. The molecule has 108 valence electrons. The Kier molecular flexibility index (Phi) is 4.35. The number of nitrogens with one attached hydrogen (secondary N) is 1. The van der Waals surface area contributed by atoms with Crippen molar-refractivity contribution in [2.45, 2.75) is 52.0 Å². The molecule has 1 N–H and O–H groups in total. The lowest BCUT2D eigenvalue weighted by Gasteiger charge is -2.47. The highest BCUT2D eigenvalue weighted by molar-refractivity contribution is 7.11. The Morgan fingerprint density at radius 3 is 2.32 bits per heavy atom. The second-order valence-electron chi connectivity index (χ2n) is 6.66. The van der Waals surface area contributed by atoms with Gasteiger partial charge < -0.3 is 10.1 Å².